The van der Waals surface area contributed by atoms with Gasteiger partial charge in [-0.2, -0.15) is 0 Å². The average Bonchev–Trinajstić information content (AvgIpc) is 2.40. The number of aromatic nitrogens is 2. The van der Waals surface area contributed by atoms with Crippen LogP contribution < -0.4 is 10.1 Å². The molecule has 0 spiro atoms. The first-order valence-corrected chi connectivity index (χ1v) is 7.78. The molecule has 0 saturated carbocycles. The highest BCUT2D eigenvalue weighted by atomic mass is 32.2. The van der Waals surface area contributed by atoms with Crippen molar-refractivity contribution in [2.45, 2.75) is 11.8 Å². The van der Waals surface area contributed by atoms with Crippen molar-refractivity contribution >= 4 is 15.7 Å². The molecule has 0 aliphatic heterocycles. The van der Waals surface area contributed by atoms with Gasteiger partial charge in [0, 0.05) is 13.3 Å². The van der Waals surface area contributed by atoms with Gasteiger partial charge in [0.05, 0.1) is 10.5 Å². The van der Waals surface area contributed by atoms with E-state index in [-0.39, 0.29) is 4.90 Å². The highest BCUT2D eigenvalue weighted by molar-refractivity contribution is 7.90. The molecule has 1 heterocycles. The molecule has 2 aromatic rings. The minimum Gasteiger partial charge on any atom is -0.439 e. The molecule has 7 heteroatoms. The molecule has 0 bridgehead atoms. The second kappa shape index (κ2) is 5.46. The van der Waals surface area contributed by atoms with Crippen molar-refractivity contribution < 1.29 is 13.2 Å². The van der Waals surface area contributed by atoms with E-state index >= 15 is 0 Å². The van der Waals surface area contributed by atoms with Crippen molar-refractivity contribution in [1.29, 1.82) is 0 Å². The van der Waals surface area contributed by atoms with Gasteiger partial charge in [0.2, 0.25) is 5.88 Å². The number of hydrogen-bond donors (Lipinski definition) is 1. The SMILES string of the molecule is CNc1ncnc(Oc2cccc(S(C)(=O)=O)c2)c1C. The van der Waals surface area contributed by atoms with Gasteiger partial charge in [0.25, 0.3) is 0 Å². The van der Waals surface area contributed by atoms with E-state index in [1.807, 2.05) is 6.92 Å². The molecule has 2 rings (SSSR count). The number of nitrogens with zero attached hydrogens (tertiary/aromatic N) is 2. The summed E-state index contributed by atoms with van der Waals surface area (Å²) < 4.78 is 28.7. The summed E-state index contributed by atoms with van der Waals surface area (Å²) in [5.41, 5.74) is 0.750. The summed E-state index contributed by atoms with van der Waals surface area (Å²) >= 11 is 0. The summed E-state index contributed by atoms with van der Waals surface area (Å²) in [7, 11) is -1.51. The van der Waals surface area contributed by atoms with E-state index in [1.165, 1.54) is 18.5 Å². The van der Waals surface area contributed by atoms with Gasteiger partial charge < -0.3 is 10.1 Å². The molecule has 0 aliphatic rings. The summed E-state index contributed by atoms with van der Waals surface area (Å²) in [6.45, 7) is 1.82. The van der Waals surface area contributed by atoms with Crippen LogP contribution in [0.1, 0.15) is 5.56 Å². The van der Waals surface area contributed by atoms with E-state index in [1.54, 1.807) is 19.2 Å². The van der Waals surface area contributed by atoms with Crippen LogP contribution in [0, 0.1) is 6.92 Å². The van der Waals surface area contributed by atoms with Crippen molar-refractivity contribution in [3.63, 3.8) is 0 Å². The van der Waals surface area contributed by atoms with Crippen LogP contribution in [0.4, 0.5) is 5.82 Å². The Balaban J connectivity index is 2.36. The fourth-order valence-electron chi connectivity index (χ4n) is 1.67. The topological polar surface area (TPSA) is 81.2 Å². The zero-order valence-corrected chi connectivity index (χ0v) is 12.2. The number of nitrogens with one attached hydrogen (secondary N) is 1. The molecule has 0 saturated heterocycles. The maximum absolute atomic E-state index is 11.5. The lowest BCUT2D eigenvalue weighted by Gasteiger charge is -2.10. The fourth-order valence-corrected chi connectivity index (χ4v) is 2.32. The normalized spacial score (nSPS) is 11.2. The van der Waals surface area contributed by atoms with Crippen molar-refractivity contribution in [3.8, 4) is 11.6 Å². The van der Waals surface area contributed by atoms with E-state index in [2.05, 4.69) is 15.3 Å². The van der Waals surface area contributed by atoms with Crippen molar-refractivity contribution in [1.82, 2.24) is 9.97 Å². The molecule has 106 valence electrons. The van der Waals surface area contributed by atoms with Crippen LogP contribution in [0.3, 0.4) is 0 Å². The second-order valence-corrected chi connectivity index (χ2v) is 6.27. The van der Waals surface area contributed by atoms with Crippen LogP contribution in [-0.2, 0) is 9.84 Å². The van der Waals surface area contributed by atoms with E-state index in [4.69, 9.17) is 4.74 Å². The third-order valence-electron chi connectivity index (χ3n) is 2.72. The standard InChI is InChI=1S/C13H15N3O3S/c1-9-12(14-2)15-8-16-13(9)19-10-5-4-6-11(7-10)20(3,17)18/h4-8H,1-3H3,(H,14,15,16). The minimum absolute atomic E-state index is 0.204. The zero-order chi connectivity index (χ0) is 14.8. The molecule has 0 atom stereocenters. The van der Waals surface area contributed by atoms with Gasteiger partial charge in [-0.3, -0.25) is 0 Å². The molecule has 6 nitrogen and oxygen atoms in total. The third-order valence-corrected chi connectivity index (χ3v) is 3.83. The third kappa shape index (κ3) is 3.05. The quantitative estimate of drug-likeness (QED) is 0.929. The van der Waals surface area contributed by atoms with Gasteiger partial charge >= 0.3 is 0 Å². The monoisotopic (exact) mass is 293 g/mol. The predicted molar refractivity (Wildman–Crippen MR) is 75.9 cm³/mol. The fraction of sp³-hybridized carbons (Fsp3) is 0.231. The number of sulfone groups is 1. The van der Waals surface area contributed by atoms with Gasteiger partial charge in [-0.15, -0.1) is 0 Å². The maximum atomic E-state index is 11.5. The molecule has 20 heavy (non-hydrogen) atoms. The maximum Gasteiger partial charge on any atom is 0.227 e. The number of ether oxygens (including phenoxy) is 1. The highest BCUT2D eigenvalue weighted by Gasteiger charge is 2.11. The second-order valence-electron chi connectivity index (χ2n) is 4.25. The first kappa shape index (κ1) is 14.3. The van der Waals surface area contributed by atoms with Gasteiger partial charge in [-0.05, 0) is 25.1 Å². The number of hydrogen-bond acceptors (Lipinski definition) is 6. The van der Waals surface area contributed by atoms with Gasteiger partial charge in [-0.1, -0.05) is 6.07 Å². The molecule has 0 fully saturated rings. The number of anilines is 1. The van der Waals surface area contributed by atoms with Crippen molar-refractivity contribution in [2.24, 2.45) is 0 Å². The molecule has 0 amide bonds. The van der Waals surface area contributed by atoms with Gasteiger partial charge in [0.15, 0.2) is 9.84 Å². The zero-order valence-electron chi connectivity index (χ0n) is 11.4. The Labute approximate surface area is 117 Å². The van der Waals surface area contributed by atoms with Gasteiger partial charge in [-0.25, -0.2) is 18.4 Å². The lowest BCUT2D eigenvalue weighted by molar-refractivity contribution is 0.456. The molecule has 0 unspecified atom stereocenters. The Morgan fingerprint density at radius 2 is 2.00 bits per heavy atom. The van der Waals surface area contributed by atoms with E-state index in [0.29, 0.717) is 17.4 Å². The Kier molecular flexibility index (Phi) is 3.89. The number of rotatable bonds is 4. The largest absolute Gasteiger partial charge is 0.439 e. The molecular weight excluding hydrogens is 278 g/mol. The van der Waals surface area contributed by atoms with E-state index < -0.39 is 9.84 Å². The van der Waals surface area contributed by atoms with Crippen LogP contribution in [0.2, 0.25) is 0 Å². The van der Waals surface area contributed by atoms with E-state index in [9.17, 15) is 8.42 Å². The van der Waals surface area contributed by atoms with Gasteiger partial charge in [0.1, 0.15) is 17.9 Å². The van der Waals surface area contributed by atoms with Crippen LogP contribution in [0.15, 0.2) is 35.5 Å². The molecular formula is C13H15N3O3S. The Morgan fingerprint density at radius 1 is 1.25 bits per heavy atom. The summed E-state index contributed by atoms with van der Waals surface area (Å²) in [4.78, 5) is 8.31. The first-order valence-electron chi connectivity index (χ1n) is 5.89. The summed E-state index contributed by atoms with van der Waals surface area (Å²) in [6.07, 6.45) is 2.54. The first-order chi connectivity index (χ1) is 9.41. The predicted octanol–water partition coefficient (Wildman–Crippen LogP) is 2.02. The molecule has 1 N–H and O–H groups in total. The summed E-state index contributed by atoms with van der Waals surface area (Å²) in [6, 6.07) is 6.29. The molecule has 0 radical (unpaired) electrons. The molecule has 0 aliphatic carbocycles. The molecule has 1 aromatic heterocycles. The highest BCUT2D eigenvalue weighted by Crippen LogP contribution is 2.27. The lowest BCUT2D eigenvalue weighted by atomic mass is 10.3. The lowest BCUT2D eigenvalue weighted by Crippen LogP contribution is -2.01. The smallest absolute Gasteiger partial charge is 0.227 e. The Morgan fingerprint density at radius 3 is 2.65 bits per heavy atom. The van der Waals surface area contributed by atoms with Crippen LogP contribution in [-0.4, -0.2) is 31.7 Å². The number of benzene rings is 1. The van der Waals surface area contributed by atoms with Crippen LogP contribution in [0.5, 0.6) is 11.6 Å². The van der Waals surface area contributed by atoms with Crippen molar-refractivity contribution in [2.75, 3.05) is 18.6 Å². The van der Waals surface area contributed by atoms with Crippen LogP contribution in [0.25, 0.3) is 0 Å². The summed E-state index contributed by atoms with van der Waals surface area (Å²) in [5.74, 6) is 1.46. The van der Waals surface area contributed by atoms with Crippen molar-refractivity contribution in [3.05, 3.63) is 36.2 Å². The molecule has 1 aromatic carbocycles. The Bertz CT molecular complexity index is 729. The Hall–Kier alpha value is -2.15. The van der Waals surface area contributed by atoms with E-state index in [0.717, 1.165) is 11.8 Å². The van der Waals surface area contributed by atoms with Crippen LogP contribution >= 0.6 is 0 Å². The average molecular weight is 293 g/mol. The summed E-state index contributed by atoms with van der Waals surface area (Å²) in [5, 5.41) is 2.93. The minimum atomic E-state index is -3.27.